The van der Waals surface area contributed by atoms with Crippen LogP contribution >= 0.6 is 0 Å². The molecule has 7 rings (SSSR count). The molecule has 4 heterocycles. The Labute approximate surface area is 275 Å². The van der Waals surface area contributed by atoms with Crippen LogP contribution in [-0.4, -0.2) is 70.7 Å². The standard InChI is InChI=1S/C39H41N3O5/c1-4-38-19-11-21-40(29-15-9-6-10-16-29)35(44)32(38)33-36(45)42(30(25-43)24-28-13-7-5-8-14-28)34-37(46)41(22-12-20-39(33,34)47-38)31-23-26(2)17-18-27(31)3/h5-20,23,30,32-34,43H,4,21-22,24-25H2,1-3H3/t30-,32+,33+,34?,38-,39+/m1/s1. The monoisotopic (exact) mass is 631 g/mol. The second kappa shape index (κ2) is 11.9. The van der Waals surface area contributed by atoms with Crippen molar-refractivity contribution >= 4 is 29.1 Å². The highest BCUT2D eigenvalue weighted by atomic mass is 16.5. The van der Waals surface area contributed by atoms with Crippen molar-refractivity contribution in [3.8, 4) is 0 Å². The van der Waals surface area contributed by atoms with Gasteiger partial charge in [-0.05, 0) is 61.6 Å². The van der Waals surface area contributed by atoms with Crippen LogP contribution in [0.25, 0.3) is 0 Å². The maximum atomic E-state index is 15.1. The van der Waals surface area contributed by atoms with Crippen molar-refractivity contribution in [3.05, 3.63) is 120 Å². The van der Waals surface area contributed by atoms with Crippen LogP contribution in [0.4, 0.5) is 11.4 Å². The van der Waals surface area contributed by atoms with Gasteiger partial charge in [0, 0.05) is 24.5 Å². The van der Waals surface area contributed by atoms with Gasteiger partial charge in [0.15, 0.2) is 0 Å². The van der Waals surface area contributed by atoms with Crippen LogP contribution in [0.3, 0.4) is 0 Å². The summed E-state index contributed by atoms with van der Waals surface area (Å²) in [6.45, 7) is 6.19. The van der Waals surface area contributed by atoms with Gasteiger partial charge in [-0.2, -0.15) is 0 Å². The van der Waals surface area contributed by atoms with Crippen LogP contribution in [0.15, 0.2) is 103 Å². The number of anilines is 2. The molecule has 4 aliphatic heterocycles. The number of fused-ring (bicyclic) bond motifs is 2. The average molecular weight is 632 g/mol. The Morgan fingerprint density at radius 3 is 2.21 bits per heavy atom. The number of aryl methyl sites for hydroxylation is 2. The Bertz CT molecular complexity index is 1760. The lowest BCUT2D eigenvalue weighted by Crippen LogP contribution is -2.59. The van der Waals surface area contributed by atoms with Crippen LogP contribution < -0.4 is 9.80 Å². The van der Waals surface area contributed by atoms with Gasteiger partial charge in [-0.15, -0.1) is 0 Å². The number of carbonyl (C=O) groups is 3. The summed E-state index contributed by atoms with van der Waals surface area (Å²) in [5.74, 6) is -2.70. The summed E-state index contributed by atoms with van der Waals surface area (Å²) in [5, 5.41) is 10.9. The smallest absolute Gasteiger partial charge is 0.253 e. The van der Waals surface area contributed by atoms with Crippen LogP contribution in [0.1, 0.15) is 30.0 Å². The molecule has 1 spiro atoms. The Hall–Kier alpha value is -4.53. The summed E-state index contributed by atoms with van der Waals surface area (Å²) in [6.07, 6.45) is 8.46. The van der Waals surface area contributed by atoms with Crippen molar-refractivity contribution < 1.29 is 24.2 Å². The molecular weight excluding hydrogens is 590 g/mol. The minimum atomic E-state index is -1.43. The van der Waals surface area contributed by atoms with E-state index in [1.165, 1.54) is 0 Å². The number of carbonyl (C=O) groups excluding carboxylic acids is 3. The first kappa shape index (κ1) is 31.1. The number of benzene rings is 3. The fourth-order valence-electron chi connectivity index (χ4n) is 8.30. The molecule has 0 bridgehead atoms. The summed E-state index contributed by atoms with van der Waals surface area (Å²) in [6, 6.07) is 23.3. The molecule has 242 valence electrons. The van der Waals surface area contributed by atoms with E-state index in [0.717, 1.165) is 28.1 Å². The first-order valence-electron chi connectivity index (χ1n) is 16.5. The predicted octanol–water partition coefficient (Wildman–Crippen LogP) is 4.77. The zero-order valence-electron chi connectivity index (χ0n) is 27.1. The molecule has 0 aromatic heterocycles. The Morgan fingerprint density at radius 1 is 0.830 bits per heavy atom. The van der Waals surface area contributed by atoms with Gasteiger partial charge in [0.05, 0.1) is 30.1 Å². The van der Waals surface area contributed by atoms with Gasteiger partial charge >= 0.3 is 0 Å². The van der Waals surface area contributed by atoms with Gasteiger partial charge in [0.1, 0.15) is 11.6 Å². The zero-order chi connectivity index (χ0) is 32.9. The van der Waals surface area contributed by atoms with Crippen molar-refractivity contribution in [1.82, 2.24) is 4.90 Å². The summed E-state index contributed by atoms with van der Waals surface area (Å²) >= 11 is 0. The Morgan fingerprint density at radius 2 is 1.51 bits per heavy atom. The van der Waals surface area contributed by atoms with Gasteiger partial charge in [0.2, 0.25) is 11.8 Å². The average Bonchev–Trinajstić information content (AvgIpc) is 3.38. The zero-order valence-corrected chi connectivity index (χ0v) is 27.1. The Balaban J connectivity index is 1.40. The fourth-order valence-corrected chi connectivity index (χ4v) is 8.30. The highest BCUT2D eigenvalue weighted by Gasteiger charge is 2.76. The fraction of sp³-hybridized carbons (Fsp3) is 0.359. The highest BCUT2D eigenvalue weighted by Crippen LogP contribution is 2.59. The quantitative estimate of drug-likeness (QED) is 0.380. The number of hydrogen-bond acceptors (Lipinski definition) is 5. The molecule has 2 fully saturated rings. The third-order valence-electron chi connectivity index (χ3n) is 10.5. The number of likely N-dealkylation sites (tertiary alicyclic amines) is 1. The van der Waals surface area contributed by atoms with E-state index in [4.69, 9.17) is 4.74 Å². The lowest BCUT2D eigenvalue weighted by molar-refractivity contribution is -0.149. The molecule has 0 aliphatic carbocycles. The normalized spacial score (nSPS) is 29.0. The molecule has 0 saturated carbocycles. The maximum absolute atomic E-state index is 15.1. The predicted molar refractivity (Wildman–Crippen MR) is 181 cm³/mol. The lowest BCUT2D eigenvalue weighted by atomic mass is 9.73. The van der Waals surface area contributed by atoms with Crippen LogP contribution in [0, 0.1) is 25.7 Å². The highest BCUT2D eigenvalue weighted by molar-refractivity contribution is 6.08. The minimum Gasteiger partial charge on any atom is -0.394 e. The van der Waals surface area contributed by atoms with E-state index in [9.17, 15) is 9.90 Å². The molecule has 6 atom stereocenters. The van der Waals surface area contributed by atoms with E-state index in [-0.39, 0.29) is 30.9 Å². The van der Waals surface area contributed by atoms with Gasteiger partial charge in [-0.25, -0.2) is 0 Å². The number of aliphatic hydroxyl groups is 1. The molecule has 4 aliphatic rings. The molecular formula is C39H41N3O5. The number of amides is 3. The maximum Gasteiger partial charge on any atom is 0.253 e. The van der Waals surface area contributed by atoms with Crippen LogP contribution in [0.5, 0.6) is 0 Å². The first-order valence-corrected chi connectivity index (χ1v) is 16.5. The first-order chi connectivity index (χ1) is 22.7. The van der Waals surface area contributed by atoms with E-state index in [0.29, 0.717) is 19.4 Å². The molecule has 0 radical (unpaired) electrons. The minimum absolute atomic E-state index is 0.209. The second-order valence-corrected chi connectivity index (χ2v) is 13.2. The molecule has 8 nitrogen and oxygen atoms in total. The molecule has 47 heavy (non-hydrogen) atoms. The number of aliphatic hydroxyl groups excluding tert-OH is 1. The van der Waals surface area contributed by atoms with Crippen LogP contribution in [0.2, 0.25) is 0 Å². The summed E-state index contributed by atoms with van der Waals surface area (Å²) < 4.78 is 7.17. The summed E-state index contributed by atoms with van der Waals surface area (Å²) in [4.78, 5) is 50.0. The number of rotatable bonds is 7. The van der Waals surface area contributed by atoms with Crippen molar-refractivity contribution in [1.29, 1.82) is 0 Å². The Kier molecular flexibility index (Phi) is 7.89. The number of ether oxygens (including phenoxy) is 1. The van der Waals surface area contributed by atoms with Crippen molar-refractivity contribution in [2.75, 3.05) is 29.5 Å². The SMILES string of the molecule is CC[C@@]12C=CCN(c3ccccc3)C(=O)[C@@H]1[C@H]1C(=O)N([C@@H](CO)Cc3ccccc3)C3C(=O)N(c4cc(C)ccc4C)CC=C[C@@]31O2. The van der Waals surface area contributed by atoms with Crippen molar-refractivity contribution in [3.63, 3.8) is 0 Å². The van der Waals surface area contributed by atoms with Crippen molar-refractivity contribution in [2.45, 2.75) is 56.9 Å². The lowest BCUT2D eigenvalue weighted by Gasteiger charge is -2.41. The largest absolute Gasteiger partial charge is 0.394 e. The number of nitrogens with zero attached hydrogens (tertiary/aromatic N) is 3. The third-order valence-corrected chi connectivity index (χ3v) is 10.5. The molecule has 8 heteroatoms. The van der Waals surface area contributed by atoms with Crippen LogP contribution in [-0.2, 0) is 25.5 Å². The third kappa shape index (κ3) is 4.85. The second-order valence-electron chi connectivity index (χ2n) is 13.2. The van der Waals surface area contributed by atoms with E-state index in [1.54, 1.807) is 14.7 Å². The van der Waals surface area contributed by atoms with Gasteiger partial charge in [0.25, 0.3) is 5.91 Å². The molecule has 1 unspecified atom stereocenters. The molecule has 3 amide bonds. The van der Waals surface area contributed by atoms with E-state index in [1.807, 2.05) is 124 Å². The summed E-state index contributed by atoms with van der Waals surface area (Å²) in [5.41, 5.74) is 1.85. The van der Waals surface area contributed by atoms with E-state index >= 15 is 9.59 Å². The van der Waals surface area contributed by atoms with E-state index in [2.05, 4.69) is 0 Å². The molecule has 3 aromatic carbocycles. The molecule has 1 N–H and O–H groups in total. The van der Waals surface area contributed by atoms with Gasteiger partial charge in [-0.3, -0.25) is 14.4 Å². The van der Waals surface area contributed by atoms with Gasteiger partial charge < -0.3 is 24.5 Å². The topological polar surface area (TPSA) is 90.4 Å². The number of hydrogen-bond donors (Lipinski definition) is 1. The van der Waals surface area contributed by atoms with Crippen molar-refractivity contribution in [2.24, 2.45) is 11.8 Å². The number of para-hydroxylation sites is 1. The van der Waals surface area contributed by atoms with Gasteiger partial charge in [-0.1, -0.05) is 91.9 Å². The molecule has 3 aromatic rings. The van der Waals surface area contributed by atoms with E-state index < -0.39 is 35.1 Å². The molecule has 2 saturated heterocycles. The summed E-state index contributed by atoms with van der Waals surface area (Å²) in [7, 11) is 0.